The summed E-state index contributed by atoms with van der Waals surface area (Å²) in [6, 6.07) is 7.88. The molecule has 4 nitrogen and oxygen atoms in total. The van der Waals surface area contributed by atoms with E-state index < -0.39 is 0 Å². The second-order valence-corrected chi connectivity index (χ2v) is 4.22. The van der Waals surface area contributed by atoms with E-state index in [1.165, 1.54) is 7.11 Å². The van der Waals surface area contributed by atoms with E-state index in [1.807, 2.05) is 24.3 Å². The zero-order valence-corrected chi connectivity index (χ0v) is 11.7. The van der Waals surface area contributed by atoms with E-state index in [9.17, 15) is 4.79 Å². The number of carbonyl (C=O) groups is 1. The average molecular weight is 266 g/mol. The summed E-state index contributed by atoms with van der Waals surface area (Å²) in [5.74, 6) is 0.692. The average Bonchev–Trinajstić information content (AvgIpc) is 2.45. The van der Waals surface area contributed by atoms with Crippen molar-refractivity contribution in [2.24, 2.45) is 0 Å². The van der Waals surface area contributed by atoms with Gasteiger partial charge in [0.05, 0.1) is 20.3 Å². The molecule has 0 aliphatic heterocycles. The maximum absolute atomic E-state index is 10.9. The molecule has 0 bridgehead atoms. The van der Waals surface area contributed by atoms with Crippen LogP contribution in [-0.4, -0.2) is 26.3 Å². The second kappa shape index (κ2) is 9.39. The molecule has 0 unspecified atom stereocenters. The summed E-state index contributed by atoms with van der Waals surface area (Å²) in [7, 11) is 1.39. The molecule has 19 heavy (non-hydrogen) atoms. The normalized spacial score (nSPS) is 10.2. The van der Waals surface area contributed by atoms with Crippen LogP contribution in [0, 0.1) is 0 Å². The summed E-state index contributed by atoms with van der Waals surface area (Å²) in [5.41, 5.74) is 1.10. The summed E-state index contributed by atoms with van der Waals surface area (Å²) in [4.78, 5) is 10.9. The van der Waals surface area contributed by atoms with Crippen molar-refractivity contribution in [3.05, 3.63) is 29.8 Å². The molecule has 0 spiro atoms. The highest BCUT2D eigenvalue weighted by Gasteiger charge is 2.00. The van der Waals surface area contributed by atoms with E-state index in [4.69, 9.17) is 9.47 Å². The van der Waals surface area contributed by atoms with Crippen LogP contribution in [0.3, 0.4) is 0 Å². The fourth-order valence-corrected chi connectivity index (χ4v) is 1.51. The first-order valence-corrected chi connectivity index (χ1v) is 6.62. The molecule has 106 valence electrons. The fraction of sp³-hybridized carbons (Fsp3) is 0.533. The second-order valence-electron chi connectivity index (χ2n) is 4.22. The number of benzene rings is 1. The maximum Gasteiger partial charge on any atom is 0.305 e. The number of ether oxygens (including phenoxy) is 3. The largest absolute Gasteiger partial charge is 0.494 e. The number of rotatable bonds is 9. The SMILES string of the molecule is CCCOc1ccc(COCCCC(=O)OC)cc1. The standard InChI is InChI=1S/C15H22O4/c1-3-10-19-14-8-6-13(7-9-14)12-18-11-4-5-15(16)17-2/h6-9H,3-5,10-12H2,1-2H3. The van der Waals surface area contributed by atoms with Crippen molar-refractivity contribution in [3.8, 4) is 5.75 Å². The summed E-state index contributed by atoms with van der Waals surface area (Å²) >= 11 is 0. The minimum Gasteiger partial charge on any atom is -0.494 e. The van der Waals surface area contributed by atoms with Gasteiger partial charge in [0.2, 0.25) is 0 Å². The van der Waals surface area contributed by atoms with Crippen LogP contribution >= 0.6 is 0 Å². The lowest BCUT2D eigenvalue weighted by molar-refractivity contribution is -0.141. The van der Waals surface area contributed by atoms with Crippen molar-refractivity contribution in [1.82, 2.24) is 0 Å². The number of esters is 1. The van der Waals surface area contributed by atoms with Gasteiger partial charge in [-0.05, 0) is 30.5 Å². The van der Waals surface area contributed by atoms with Gasteiger partial charge >= 0.3 is 5.97 Å². The third-order valence-corrected chi connectivity index (χ3v) is 2.56. The Balaban J connectivity index is 2.17. The molecule has 0 saturated heterocycles. The third-order valence-electron chi connectivity index (χ3n) is 2.56. The third kappa shape index (κ3) is 6.82. The lowest BCUT2D eigenvalue weighted by Gasteiger charge is -2.07. The predicted molar refractivity (Wildman–Crippen MR) is 73.1 cm³/mol. The van der Waals surface area contributed by atoms with Gasteiger partial charge in [-0.15, -0.1) is 0 Å². The minimum atomic E-state index is -0.193. The molecule has 0 fully saturated rings. The molecule has 0 heterocycles. The van der Waals surface area contributed by atoms with Crippen molar-refractivity contribution in [2.45, 2.75) is 32.8 Å². The summed E-state index contributed by atoms with van der Waals surface area (Å²) in [6.45, 7) is 3.93. The van der Waals surface area contributed by atoms with E-state index in [-0.39, 0.29) is 5.97 Å². The Morgan fingerprint density at radius 3 is 2.53 bits per heavy atom. The van der Waals surface area contributed by atoms with Gasteiger partial charge < -0.3 is 14.2 Å². The molecular formula is C15H22O4. The van der Waals surface area contributed by atoms with E-state index >= 15 is 0 Å². The minimum absolute atomic E-state index is 0.193. The van der Waals surface area contributed by atoms with E-state index in [2.05, 4.69) is 11.7 Å². The Bertz CT molecular complexity index is 359. The van der Waals surface area contributed by atoms with Crippen LogP contribution in [0.2, 0.25) is 0 Å². The number of methoxy groups -OCH3 is 1. The Morgan fingerprint density at radius 2 is 1.89 bits per heavy atom. The number of carbonyl (C=O) groups excluding carboxylic acids is 1. The zero-order chi connectivity index (χ0) is 13.9. The first-order valence-electron chi connectivity index (χ1n) is 6.62. The van der Waals surface area contributed by atoms with Gasteiger partial charge in [0.15, 0.2) is 0 Å². The van der Waals surface area contributed by atoms with Crippen LogP contribution in [0.1, 0.15) is 31.7 Å². The molecule has 0 aromatic heterocycles. The predicted octanol–water partition coefficient (Wildman–Crippen LogP) is 2.95. The van der Waals surface area contributed by atoms with Gasteiger partial charge in [0.25, 0.3) is 0 Å². The molecule has 0 N–H and O–H groups in total. The van der Waals surface area contributed by atoms with Crippen LogP contribution in [0.5, 0.6) is 5.75 Å². The van der Waals surface area contributed by atoms with Crippen molar-refractivity contribution in [1.29, 1.82) is 0 Å². The van der Waals surface area contributed by atoms with E-state index in [0.717, 1.165) is 24.3 Å². The zero-order valence-electron chi connectivity index (χ0n) is 11.7. The summed E-state index contributed by atoms with van der Waals surface area (Å²) < 4.78 is 15.5. The highest BCUT2D eigenvalue weighted by atomic mass is 16.5. The molecule has 0 saturated carbocycles. The molecule has 1 rings (SSSR count). The number of hydrogen-bond donors (Lipinski definition) is 0. The van der Waals surface area contributed by atoms with Crippen molar-refractivity contribution in [2.75, 3.05) is 20.3 Å². The molecule has 4 heteroatoms. The van der Waals surface area contributed by atoms with Crippen molar-refractivity contribution >= 4 is 5.97 Å². The summed E-state index contributed by atoms with van der Waals surface area (Å²) in [6.07, 6.45) is 2.09. The molecule has 0 atom stereocenters. The quantitative estimate of drug-likeness (QED) is 0.509. The van der Waals surface area contributed by atoms with Crippen molar-refractivity contribution < 1.29 is 19.0 Å². The molecule has 0 amide bonds. The van der Waals surface area contributed by atoms with Crippen LogP contribution in [0.4, 0.5) is 0 Å². The molecule has 1 aromatic rings. The van der Waals surface area contributed by atoms with Crippen LogP contribution < -0.4 is 4.74 Å². The van der Waals surface area contributed by atoms with Crippen molar-refractivity contribution in [3.63, 3.8) is 0 Å². The highest BCUT2D eigenvalue weighted by molar-refractivity contribution is 5.68. The monoisotopic (exact) mass is 266 g/mol. The van der Waals surface area contributed by atoms with Gasteiger partial charge in [-0.25, -0.2) is 0 Å². The molecular weight excluding hydrogens is 244 g/mol. The Kier molecular flexibility index (Phi) is 7.66. The fourth-order valence-electron chi connectivity index (χ4n) is 1.51. The van der Waals surface area contributed by atoms with Crippen LogP contribution in [0.15, 0.2) is 24.3 Å². The number of hydrogen-bond acceptors (Lipinski definition) is 4. The van der Waals surface area contributed by atoms with E-state index in [0.29, 0.717) is 26.1 Å². The maximum atomic E-state index is 10.9. The van der Waals surface area contributed by atoms with Gasteiger partial charge in [-0.3, -0.25) is 4.79 Å². The van der Waals surface area contributed by atoms with Gasteiger partial charge in [-0.2, -0.15) is 0 Å². The molecule has 0 aliphatic rings. The molecule has 0 radical (unpaired) electrons. The topological polar surface area (TPSA) is 44.8 Å². The Hall–Kier alpha value is -1.55. The summed E-state index contributed by atoms with van der Waals surface area (Å²) in [5, 5.41) is 0. The Labute approximate surface area is 114 Å². The van der Waals surface area contributed by atoms with E-state index in [1.54, 1.807) is 0 Å². The smallest absolute Gasteiger partial charge is 0.305 e. The molecule has 0 aliphatic carbocycles. The van der Waals surface area contributed by atoms with Gasteiger partial charge in [0.1, 0.15) is 5.75 Å². The Morgan fingerprint density at radius 1 is 1.16 bits per heavy atom. The highest BCUT2D eigenvalue weighted by Crippen LogP contribution is 2.13. The van der Waals surface area contributed by atoms with Crippen LogP contribution in [-0.2, 0) is 20.9 Å². The first-order chi connectivity index (χ1) is 9.26. The van der Waals surface area contributed by atoms with Crippen LogP contribution in [0.25, 0.3) is 0 Å². The van der Waals surface area contributed by atoms with Gasteiger partial charge in [0, 0.05) is 13.0 Å². The van der Waals surface area contributed by atoms with Gasteiger partial charge in [-0.1, -0.05) is 19.1 Å². The molecule has 1 aromatic carbocycles. The first kappa shape index (κ1) is 15.5. The lowest BCUT2D eigenvalue weighted by atomic mass is 10.2. The lowest BCUT2D eigenvalue weighted by Crippen LogP contribution is -2.03.